The van der Waals surface area contributed by atoms with Crippen LogP contribution < -0.4 is 0 Å². The summed E-state index contributed by atoms with van der Waals surface area (Å²) in [6.07, 6.45) is 6.46. The second-order valence-electron chi connectivity index (χ2n) is 3.11. The zero-order chi connectivity index (χ0) is 8.67. The summed E-state index contributed by atoms with van der Waals surface area (Å²) in [5.41, 5.74) is 1.35. The maximum absolute atomic E-state index is 2.20. The quantitative estimate of drug-likeness (QED) is 0.613. The molecule has 1 aliphatic rings. The second-order valence-corrected chi connectivity index (χ2v) is 4.17. The molecule has 1 aromatic heterocycles. The molecule has 0 radical (unpaired) electrons. The normalized spacial score (nSPS) is 14.8. The molecule has 0 unspecified atom stereocenters. The third-order valence-corrected chi connectivity index (χ3v) is 3.30. The molecule has 2 heteroatoms. The Bertz CT molecular complexity index is 482. The van der Waals surface area contributed by atoms with Gasteiger partial charge in [-0.15, -0.1) is 11.8 Å². The minimum atomic E-state index is 1.07. The van der Waals surface area contributed by atoms with Crippen molar-refractivity contribution in [2.45, 2.75) is 4.90 Å². The first-order valence-electron chi connectivity index (χ1n) is 4.34. The van der Waals surface area contributed by atoms with Crippen LogP contribution in [0.15, 0.2) is 41.4 Å². The van der Waals surface area contributed by atoms with Crippen molar-refractivity contribution in [1.29, 1.82) is 0 Å². The lowest BCUT2D eigenvalue weighted by molar-refractivity contribution is 1.20. The number of benzene rings is 1. The van der Waals surface area contributed by atoms with Crippen molar-refractivity contribution in [1.82, 2.24) is 4.57 Å². The summed E-state index contributed by atoms with van der Waals surface area (Å²) < 4.78 is 2.20. The second kappa shape index (κ2) is 2.67. The van der Waals surface area contributed by atoms with Crippen LogP contribution in [0.25, 0.3) is 17.1 Å². The molecule has 1 aromatic carbocycles. The maximum atomic E-state index is 2.20. The van der Waals surface area contributed by atoms with Crippen molar-refractivity contribution >= 4 is 28.9 Å². The van der Waals surface area contributed by atoms with Gasteiger partial charge in [0.25, 0.3) is 0 Å². The van der Waals surface area contributed by atoms with Crippen LogP contribution in [0.3, 0.4) is 0 Å². The zero-order valence-electron chi connectivity index (χ0n) is 7.10. The Hall–Kier alpha value is -1.15. The van der Waals surface area contributed by atoms with Crippen LogP contribution in [0.2, 0.25) is 0 Å². The Morgan fingerprint density at radius 1 is 1.23 bits per heavy atom. The van der Waals surface area contributed by atoms with E-state index in [1.54, 1.807) is 0 Å². The number of rotatable bonds is 0. The standard InChI is InChI=1S/C11H9NS/c1-3-9-5-7-12-6-2-8-13-10(4-1)11(9)12/h1-7H,8H2. The molecule has 0 atom stereocenters. The topological polar surface area (TPSA) is 4.93 Å². The van der Waals surface area contributed by atoms with E-state index in [-0.39, 0.29) is 0 Å². The molecule has 1 nitrogen and oxygen atoms in total. The van der Waals surface area contributed by atoms with Gasteiger partial charge in [-0.1, -0.05) is 18.2 Å². The van der Waals surface area contributed by atoms with E-state index in [1.165, 1.54) is 15.8 Å². The van der Waals surface area contributed by atoms with E-state index in [2.05, 4.69) is 47.3 Å². The van der Waals surface area contributed by atoms with Gasteiger partial charge in [-0.3, -0.25) is 0 Å². The summed E-state index contributed by atoms with van der Waals surface area (Å²) in [5, 5.41) is 1.33. The number of aromatic nitrogens is 1. The number of para-hydroxylation sites is 1. The highest BCUT2D eigenvalue weighted by molar-refractivity contribution is 7.99. The van der Waals surface area contributed by atoms with E-state index in [9.17, 15) is 0 Å². The lowest BCUT2D eigenvalue weighted by Gasteiger charge is -2.00. The monoisotopic (exact) mass is 187 g/mol. The Balaban J connectivity index is 2.48. The van der Waals surface area contributed by atoms with Gasteiger partial charge in [0.15, 0.2) is 0 Å². The molecule has 2 aromatic rings. The van der Waals surface area contributed by atoms with Crippen molar-refractivity contribution < 1.29 is 0 Å². The van der Waals surface area contributed by atoms with Gasteiger partial charge in [-0.25, -0.2) is 0 Å². The summed E-state index contributed by atoms with van der Waals surface area (Å²) in [7, 11) is 0. The minimum absolute atomic E-state index is 1.07. The predicted molar refractivity (Wildman–Crippen MR) is 58.0 cm³/mol. The highest BCUT2D eigenvalue weighted by atomic mass is 32.2. The fourth-order valence-corrected chi connectivity index (χ4v) is 2.62. The van der Waals surface area contributed by atoms with Gasteiger partial charge in [0.2, 0.25) is 0 Å². The van der Waals surface area contributed by atoms with Crippen molar-refractivity contribution in [2.24, 2.45) is 0 Å². The molecular weight excluding hydrogens is 178 g/mol. The van der Waals surface area contributed by atoms with E-state index < -0.39 is 0 Å². The van der Waals surface area contributed by atoms with Crippen LogP contribution in [-0.2, 0) is 0 Å². The molecule has 3 rings (SSSR count). The van der Waals surface area contributed by atoms with Crippen molar-refractivity contribution in [2.75, 3.05) is 5.75 Å². The summed E-state index contributed by atoms with van der Waals surface area (Å²) in [6, 6.07) is 8.64. The molecule has 0 aliphatic carbocycles. The molecule has 0 bridgehead atoms. The van der Waals surface area contributed by atoms with Crippen LogP contribution in [0.5, 0.6) is 0 Å². The molecule has 0 saturated heterocycles. The Morgan fingerprint density at radius 2 is 2.23 bits per heavy atom. The van der Waals surface area contributed by atoms with Crippen molar-refractivity contribution in [3.05, 3.63) is 36.5 Å². The predicted octanol–water partition coefficient (Wildman–Crippen LogP) is 3.22. The summed E-state index contributed by atoms with van der Waals surface area (Å²) in [4.78, 5) is 1.38. The van der Waals surface area contributed by atoms with E-state index in [4.69, 9.17) is 0 Å². The summed E-state index contributed by atoms with van der Waals surface area (Å²) in [6.45, 7) is 0. The lowest BCUT2D eigenvalue weighted by Crippen LogP contribution is -1.82. The minimum Gasteiger partial charge on any atom is -0.323 e. The number of nitrogens with zero attached hydrogens (tertiary/aromatic N) is 1. The third kappa shape index (κ3) is 1.02. The van der Waals surface area contributed by atoms with Crippen molar-refractivity contribution in [3.8, 4) is 0 Å². The first-order chi connectivity index (χ1) is 6.45. The van der Waals surface area contributed by atoms with Gasteiger partial charge >= 0.3 is 0 Å². The highest BCUT2D eigenvalue weighted by Crippen LogP contribution is 2.30. The molecule has 1 aliphatic heterocycles. The largest absolute Gasteiger partial charge is 0.323 e. The molecule has 0 spiro atoms. The molecule has 64 valence electrons. The van der Waals surface area contributed by atoms with Crippen LogP contribution in [0.1, 0.15) is 0 Å². The van der Waals surface area contributed by atoms with Crippen molar-refractivity contribution in [3.63, 3.8) is 0 Å². The first kappa shape index (κ1) is 7.27. The average Bonchev–Trinajstić information content (AvgIpc) is 2.44. The summed E-state index contributed by atoms with van der Waals surface area (Å²) in [5.74, 6) is 1.07. The van der Waals surface area contributed by atoms with Gasteiger partial charge < -0.3 is 4.57 Å². The molecule has 0 N–H and O–H groups in total. The smallest absolute Gasteiger partial charge is 0.0659 e. The number of hydrogen-bond donors (Lipinski definition) is 0. The maximum Gasteiger partial charge on any atom is 0.0659 e. The molecule has 0 saturated carbocycles. The molecule has 2 heterocycles. The first-order valence-corrected chi connectivity index (χ1v) is 5.33. The van der Waals surface area contributed by atoms with Crippen LogP contribution in [-0.4, -0.2) is 10.3 Å². The van der Waals surface area contributed by atoms with Gasteiger partial charge in [-0.2, -0.15) is 0 Å². The van der Waals surface area contributed by atoms with Gasteiger partial charge in [-0.05, 0) is 12.1 Å². The highest BCUT2D eigenvalue weighted by Gasteiger charge is 2.06. The van der Waals surface area contributed by atoms with Gasteiger partial charge in [0.1, 0.15) is 0 Å². The van der Waals surface area contributed by atoms with Crippen LogP contribution >= 0.6 is 11.8 Å². The van der Waals surface area contributed by atoms with Crippen LogP contribution in [0.4, 0.5) is 0 Å². The fourth-order valence-electron chi connectivity index (χ4n) is 1.72. The third-order valence-electron chi connectivity index (χ3n) is 2.30. The van der Waals surface area contributed by atoms with Gasteiger partial charge in [0.05, 0.1) is 5.52 Å². The van der Waals surface area contributed by atoms with E-state index in [0.29, 0.717) is 0 Å². The van der Waals surface area contributed by atoms with Gasteiger partial charge in [0, 0.05) is 28.4 Å². The van der Waals surface area contributed by atoms with E-state index >= 15 is 0 Å². The Kier molecular flexibility index (Phi) is 1.49. The van der Waals surface area contributed by atoms with Crippen LogP contribution in [0, 0.1) is 0 Å². The zero-order valence-corrected chi connectivity index (χ0v) is 7.92. The fraction of sp³-hybridized carbons (Fsp3) is 0.0909. The molecule has 0 fully saturated rings. The average molecular weight is 187 g/mol. The lowest BCUT2D eigenvalue weighted by atomic mass is 10.2. The SMILES string of the molecule is C1=Cn2ccc3cccc(c32)SC1. The summed E-state index contributed by atoms with van der Waals surface area (Å²) >= 11 is 1.90. The molecule has 13 heavy (non-hydrogen) atoms. The molecule has 0 amide bonds. The molecular formula is C11H9NS. The Morgan fingerprint density at radius 3 is 3.23 bits per heavy atom. The van der Waals surface area contributed by atoms with E-state index in [1.807, 2.05) is 11.8 Å². The number of thioether (sulfide) groups is 1. The van der Waals surface area contributed by atoms with E-state index in [0.717, 1.165) is 5.75 Å². The number of hydrogen-bond acceptors (Lipinski definition) is 1. The Labute approximate surface area is 81.1 Å².